The average Bonchev–Trinajstić information content (AvgIpc) is 3.05. The summed E-state index contributed by atoms with van der Waals surface area (Å²) in [5.41, 5.74) is 1.03. The fraction of sp³-hybridized carbons (Fsp3) is 0.250. The molecule has 1 saturated heterocycles. The number of nitrogens with zero attached hydrogens (tertiary/aromatic N) is 1. The number of halogens is 1. The van der Waals surface area contributed by atoms with Crippen molar-refractivity contribution >= 4 is 46.7 Å². The first kappa shape index (κ1) is 21.8. The summed E-state index contributed by atoms with van der Waals surface area (Å²) < 4.78 is 5.05. The van der Waals surface area contributed by atoms with E-state index in [2.05, 4.69) is 5.32 Å². The van der Waals surface area contributed by atoms with Crippen LogP contribution in [0.1, 0.15) is 23.7 Å². The maximum atomic E-state index is 12.9. The number of ether oxygens (including phenoxy) is 1. The van der Waals surface area contributed by atoms with E-state index < -0.39 is 18.5 Å². The molecule has 1 heterocycles. The van der Waals surface area contributed by atoms with Crippen molar-refractivity contribution in [3.05, 3.63) is 71.3 Å². The molecule has 2 aromatic rings. The number of carbonyl (C=O) groups excluding carboxylic acids is 4. The van der Waals surface area contributed by atoms with Gasteiger partial charge in [0.15, 0.2) is 6.61 Å². The maximum Gasteiger partial charge on any atom is 0.338 e. The first-order valence-corrected chi connectivity index (χ1v) is 10.6. The van der Waals surface area contributed by atoms with Gasteiger partial charge in [-0.15, -0.1) is 0 Å². The van der Waals surface area contributed by atoms with Gasteiger partial charge in [-0.25, -0.2) is 4.79 Å². The molecule has 0 unspecified atom stereocenters. The van der Waals surface area contributed by atoms with Crippen LogP contribution in [0.5, 0.6) is 0 Å². The summed E-state index contributed by atoms with van der Waals surface area (Å²) in [5, 5.41) is 2.94. The number of para-hydroxylation sites is 1. The number of esters is 1. The molecule has 3 amide bonds. The smallest absolute Gasteiger partial charge is 0.338 e. The van der Waals surface area contributed by atoms with E-state index in [1.807, 2.05) is 19.1 Å². The Morgan fingerprint density at radius 1 is 1.09 bits per heavy atom. The van der Waals surface area contributed by atoms with Crippen molar-refractivity contribution in [1.82, 2.24) is 0 Å². The predicted molar refractivity (Wildman–Crippen MR) is 119 cm³/mol. The van der Waals surface area contributed by atoms with Crippen molar-refractivity contribution in [2.24, 2.45) is 17.8 Å². The van der Waals surface area contributed by atoms with Crippen LogP contribution in [-0.2, 0) is 19.1 Å². The lowest BCUT2D eigenvalue weighted by Crippen LogP contribution is -2.31. The van der Waals surface area contributed by atoms with Crippen LogP contribution >= 0.6 is 11.6 Å². The number of benzene rings is 2. The minimum Gasteiger partial charge on any atom is -0.452 e. The second kappa shape index (κ2) is 8.96. The van der Waals surface area contributed by atoms with E-state index in [1.54, 1.807) is 24.3 Å². The van der Waals surface area contributed by atoms with Crippen LogP contribution in [-0.4, -0.2) is 30.3 Å². The molecule has 1 aliphatic heterocycles. The van der Waals surface area contributed by atoms with Crippen molar-refractivity contribution in [3.63, 3.8) is 0 Å². The molecule has 3 atom stereocenters. The number of rotatable bonds is 5. The number of imide groups is 1. The van der Waals surface area contributed by atoms with Crippen LogP contribution in [0.15, 0.2) is 60.7 Å². The highest BCUT2D eigenvalue weighted by atomic mass is 35.5. The van der Waals surface area contributed by atoms with E-state index in [0.29, 0.717) is 22.8 Å². The summed E-state index contributed by atoms with van der Waals surface area (Å²) in [6, 6.07) is 12.7. The molecule has 0 radical (unpaired) electrons. The number of anilines is 2. The highest BCUT2D eigenvalue weighted by Crippen LogP contribution is 2.40. The molecule has 0 aromatic heterocycles. The largest absolute Gasteiger partial charge is 0.452 e. The third kappa shape index (κ3) is 4.16. The molecule has 164 valence electrons. The standard InChI is InChI=1S/C24H21ClN2O5/c1-14-5-4-6-17-21(14)23(30)27(22(17)29)16-11-9-15(10-12-16)24(31)32-13-20(28)26-19-8-3-2-7-18(19)25/h2-5,7-12,14,17,21H,6,13H2,1H3,(H,26,28)/t14-,17+,21-/m1/s1. The van der Waals surface area contributed by atoms with E-state index in [4.69, 9.17) is 16.3 Å². The molecule has 7 nitrogen and oxygen atoms in total. The van der Waals surface area contributed by atoms with Gasteiger partial charge in [0.2, 0.25) is 11.8 Å². The van der Waals surface area contributed by atoms with Crippen molar-refractivity contribution in [3.8, 4) is 0 Å². The number of nitrogens with one attached hydrogen (secondary N) is 1. The van der Waals surface area contributed by atoms with Gasteiger partial charge >= 0.3 is 5.97 Å². The monoisotopic (exact) mass is 452 g/mol. The Balaban J connectivity index is 1.38. The van der Waals surface area contributed by atoms with E-state index in [1.165, 1.54) is 29.2 Å². The molecule has 4 rings (SSSR count). The zero-order valence-corrected chi connectivity index (χ0v) is 18.0. The summed E-state index contributed by atoms with van der Waals surface area (Å²) >= 11 is 5.99. The molecule has 0 bridgehead atoms. The maximum absolute atomic E-state index is 12.9. The van der Waals surface area contributed by atoms with Crippen molar-refractivity contribution in [1.29, 1.82) is 0 Å². The minimum atomic E-state index is -0.698. The topological polar surface area (TPSA) is 92.8 Å². The van der Waals surface area contributed by atoms with Gasteiger partial charge in [0.1, 0.15) is 0 Å². The predicted octanol–water partition coefficient (Wildman–Crippen LogP) is 3.84. The number of fused-ring (bicyclic) bond motifs is 1. The second-order valence-electron chi connectivity index (χ2n) is 7.82. The third-order valence-corrected chi connectivity index (χ3v) is 6.05. The Morgan fingerprint density at radius 2 is 1.81 bits per heavy atom. The van der Waals surface area contributed by atoms with Gasteiger partial charge in [0, 0.05) is 0 Å². The summed E-state index contributed by atoms with van der Waals surface area (Å²) in [4.78, 5) is 51.2. The fourth-order valence-corrected chi connectivity index (χ4v) is 4.29. The van der Waals surface area contributed by atoms with Gasteiger partial charge in [0.25, 0.3) is 5.91 Å². The first-order valence-electron chi connectivity index (χ1n) is 10.2. The van der Waals surface area contributed by atoms with E-state index in [-0.39, 0.29) is 35.1 Å². The van der Waals surface area contributed by atoms with Gasteiger partial charge in [-0.1, -0.05) is 42.8 Å². The Hall–Kier alpha value is -3.45. The van der Waals surface area contributed by atoms with E-state index >= 15 is 0 Å². The first-order chi connectivity index (χ1) is 15.4. The summed E-state index contributed by atoms with van der Waals surface area (Å²) in [6.45, 7) is 1.45. The average molecular weight is 453 g/mol. The van der Waals surface area contributed by atoms with Crippen LogP contribution < -0.4 is 10.2 Å². The molecule has 0 saturated carbocycles. The fourth-order valence-electron chi connectivity index (χ4n) is 4.11. The van der Waals surface area contributed by atoms with E-state index in [9.17, 15) is 19.2 Å². The Kier molecular flexibility index (Phi) is 6.10. The normalized spacial score (nSPS) is 21.9. The Bertz CT molecular complexity index is 1110. The number of allylic oxidation sites excluding steroid dienone is 2. The van der Waals surface area contributed by atoms with Gasteiger partial charge < -0.3 is 10.1 Å². The minimum absolute atomic E-state index is 0.00126. The van der Waals surface area contributed by atoms with Gasteiger partial charge in [-0.2, -0.15) is 0 Å². The molecular weight excluding hydrogens is 432 g/mol. The van der Waals surface area contributed by atoms with Crippen LogP contribution in [0, 0.1) is 17.8 Å². The van der Waals surface area contributed by atoms with Gasteiger partial charge in [0.05, 0.1) is 33.8 Å². The van der Waals surface area contributed by atoms with Crippen LogP contribution in [0.3, 0.4) is 0 Å². The number of carbonyl (C=O) groups is 4. The molecule has 2 aliphatic rings. The lowest BCUT2D eigenvalue weighted by atomic mass is 9.78. The van der Waals surface area contributed by atoms with E-state index in [0.717, 1.165) is 0 Å². The number of hydrogen-bond acceptors (Lipinski definition) is 5. The quantitative estimate of drug-likeness (QED) is 0.422. The molecule has 2 aromatic carbocycles. The van der Waals surface area contributed by atoms with Crippen LogP contribution in [0.4, 0.5) is 11.4 Å². The third-order valence-electron chi connectivity index (χ3n) is 5.72. The summed E-state index contributed by atoms with van der Waals surface area (Å²) in [6.07, 6.45) is 4.47. The zero-order valence-electron chi connectivity index (χ0n) is 17.3. The molecule has 1 N–H and O–H groups in total. The molecule has 1 fully saturated rings. The lowest BCUT2D eigenvalue weighted by Gasteiger charge is -2.22. The van der Waals surface area contributed by atoms with Crippen molar-refractivity contribution < 1.29 is 23.9 Å². The van der Waals surface area contributed by atoms with Crippen LogP contribution in [0.2, 0.25) is 5.02 Å². The number of hydrogen-bond donors (Lipinski definition) is 1. The van der Waals surface area contributed by atoms with Gasteiger partial charge in [-0.3, -0.25) is 19.3 Å². The molecule has 1 aliphatic carbocycles. The SMILES string of the molecule is C[C@@H]1C=CC[C@@H]2C(=O)N(c3ccc(C(=O)OCC(=O)Nc4ccccc4Cl)cc3)C(=O)[C@H]12. The Labute approximate surface area is 190 Å². The molecule has 0 spiro atoms. The molecule has 8 heteroatoms. The number of amides is 3. The molecular formula is C24H21ClN2O5. The van der Waals surface area contributed by atoms with Crippen molar-refractivity contribution in [2.45, 2.75) is 13.3 Å². The zero-order chi connectivity index (χ0) is 22.8. The highest BCUT2D eigenvalue weighted by Gasteiger charge is 2.50. The summed E-state index contributed by atoms with van der Waals surface area (Å²) in [7, 11) is 0. The summed E-state index contributed by atoms with van der Waals surface area (Å²) in [5.74, 6) is -2.36. The second-order valence-corrected chi connectivity index (χ2v) is 8.23. The lowest BCUT2D eigenvalue weighted by molar-refractivity contribution is -0.123. The van der Waals surface area contributed by atoms with Gasteiger partial charge in [-0.05, 0) is 48.7 Å². The van der Waals surface area contributed by atoms with Crippen LogP contribution in [0.25, 0.3) is 0 Å². The Morgan fingerprint density at radius 3 is 2.50 bits per heavy atom. The van der Waals surface area contributed by atoms with Crippen molar-refractivity contribution in [2.75, 3.05) is 16.8 Å². The highest BCUT2D eigenvalue weighted by molar-refractivity contribution is 6.33. The molecule has 32 heavy (non-hydrogen) atoms.